The summed E-state index contributed by atoms with van der Waals surface area (Å²) in [5.74, 6) is 2.00. The second-order valence-electron chi connectivity index (χ2n) is 12.4. The Kier molecular flexibility index (Phi) is 9.63. The summed E-state index contributed by atoms with van der Waals surface area (Å²) in [6, 6.07) is 22.1. The van der Waals surface area contributed by atoms with Crippen LogP contribution < -0.4 is 9.47 Å². The average molecular weight is 598 g/mol. The number of rotatable bonds is 9. The van der Waals surface area contributed by atoms with E-state index in [2.05, 4.69) is 58.3 Å². The molecule has 0 radical (unpaired) electrons. The van der Waals surface area contributed by atoms with Crippen molar-refractivity contribution in [3.63, 3.8) is 0 Å². The number of ether oxygens (including phenoxy) is 2. The van der Waals surface area contributed by atoms with Crippen molar-refractivity contribution in [1.82, 2.24) is 14.7 Å². The average Bonchev–Trinajstić information content (AvgIpc) is 3.07. The van der Waals surface area contributed by atoms with Crippen LogP contribution in [0.5, 0.6) is 11.5 Å². The summed E-state index contributed by atoms with van der Waals surface area (Å²) < 4.78 is 24.6. The number of piperidine rings is 1. The molecule has 0 aliphatic carbocycles. The molecule has 1 fully saturated rings. The first-order valence-electron chi connectivity index (χ1n) is 16.0. The highest BCUT2D eigenvalue weighted by atomic mass is 19.1. The fraction of sp³-hybridized carbons (Fsp3) is 0.432. The third-order valence-electron chi connectivity index (χ3n) is 9.75. The van der Waals surface area contributed by atoms with Gasteiger partial charge in [-0.3, -0.25) is 14.6 Å². The highest BCUT2D eigenvalue weighted by Gasteiger charge is 2.35. The van der Waals surface area contributed by atoms with Gasteiger partial charge in [0.2, 0.25) is 5.91 Å². The Morgan fingerprint density at radius 1 is 0.909 bits per heavy atom. The van der Waals surface area contributed by atoms with E-state index < -0.39 is 0 Å². The summed E-state index contributed by atoms with van der Waals surface area (Å²) in [6.45, 7) is 6.24. The molecule has 1 saturated heterocycles. The largest absolute Gasteiger partial charge is 0.493 e. The first-order chi connectivity index (χ1) is 21.5. The highest BCUT2D eigenvalue weighted by molar-refractivity contribution is 5.78. The van der Waals surface area contributed by atoms with Gasteiger partial charge in [-0.2, -0.15) is 0 Å². The molecular formula is C37H44FN3O3. The number of benzene rings is 3. The molecule has 2 atom stereocenters. The van der Waals surface area contributed by atoms with Gasteiger partial charge in [0.25, 0.3) is 0 Å². The SMILES string of the molecule is COc1cc2c(cc1OC)CN([C@@H]1CCN(Cc3ccccc3)C[C@@H]1CCC(=O)N1CC=C(c3ccc(F)cc3)CC1)CC2. The molecule has 0 unspecified atom stereocenters. The minimum absolute atomic E-state index is 0.223. The van der Waals surface area contributed by atoms with E-state index in [1.807, 2.05) is 17.0 Å². The molecule has 44 heavy (non-hydrogen) atoms. The predicted octanol–water partition coefficient (Wildman–Crippen LogP) is 6.19. The zero-order valence-electron chi connectivity index (χ0n) is 26.0. The number of methoxy groups -OCH3 is 2. The van der Waals surface area contributed by atoms with Gasteiger partial charge in [-0.15, -0.1) is 0 Å². The van der Waals surface area contributed by atoms with Gasteiger partial charge in [0.15, 0.2) is 11.5 Å². The van der Waals surface area contributed by atoms with Crippen LogP contribution in [0.1, 0.15) is 47.9 Å². The lowest BCUT2D eigenvalue weighted by Gasteiger charge is -2.46. The monoisotopic (exact) mass is 597 g/mol. The van der Waals surface area contributed by atoms with E-state index in [1.54, 1.807) is 14.2 Å². The van der Waals surface area contributed by atoms with E-state index in [9.17, 15) is 9.18 Å². The number of carbonyl (C=O) groups excluding carboxylic acids is 1. The lowest BCUT2D eigenvalue weighted by molar-refractivity contribution is -0.131. The normalized spacial score (nSPS) is 21.0. The first-order valence-corrected chi connectivity index (χ1v) is 16.0. The Morgan fingerprint density at radius 3 is 2.36 bits per heavy atom. The van der Waals surface area contributed by atoms with Crippen LogP contribution in [0.15, 0.2) is 72.8 Å². The fourth-order valence-electron chi connectivity index (χ4n) is 7.32. The summed E-state index contributed by atoms with van der Waals surface area (Å²) in [6.07, 6.45) is 6.47. The van der Waals surface area contributed by atoms with E-state index in [0.29, 0.717) is 31.5 Å². The number of amides is 1. The first kappa shape index (κ1) is 30.4. The molecule has 0 N–H and O–H groups in total. The summed E-state index contributed by atoms with van der Waals surface area (Å²) in [5, 5.41) is 0. The number of hydrogen-bond acceptors (Lipinski definition) is 5. The fourth-order valence-corrected chi connectivity index (χ4v) is 7.32. The number of fused-ring (bicyclic) bond motifs is 1. The Balaban J connectivity index is 1.13. The minimum Gasteiger partial charge on any atom is -0.493 e. The summed E-state index contributed by atoms with van der Waals surface area (Å²) in [4.78, 5) is 20.7. The molecule has 3 aromatic rings. The number of nitrogens with zero attached hydrogens (tertiary/aromatic N) is 3. The zero-order valence-corrected chi connectivity index (χ0v) is 26.0. The van der Waals surface area contributed by atoms with Crippen molar-refractivity contribution in [1.29, 1.82) is 0 Å². The van der Waals surface area contributed by atoms with Crippen LogP contribution in [0, 0.1) is 11.7 Å². The number of hydrogen-bond donors (Lipinski definition) is 0. The van der Waals surface area contributed by atoms with Crippen LogP contribution in [0.4, 0.5) is 4.39 Å². The maximum Gasteiger partial charge on any atom is 0.222 e. The van der Waals surface area contributed by atoms with E-state index in [0.717, 1.165) is 75.5 Å². The van der Waals surface area contributed by atoms with Crippen molar-refractivity contribution in [2.24, 2.45) is 5.92 Å². The van der Waals surface area contributed by atoms with Crippen molar-refractivity contribution < 1.29 is 18.7 Å². The van der Waals surface area contributed by atoms with Gasteiger partial charge in [0, 0.05) is 51.7 Å². The molecule has 6 nitrogen and oxygen atoms in total. The zero-order chi connectivity index (χ0) is 30.5. The van der Waals surface area contributed by atoms with E-state index in [4.69, 9.17) is 9.47 Å². The lowest BCUT2D eigenvalue weighted by Crippen LogP contribution is -2.52. The molecule has 0 saturated carbocycles. The molecule has 7 heteroatoms. The van der Waals surface area contributed by atoms with Crippen LogP contribution in [0.3, 0.4) is 0 Å². The third kappa shape index (κ3) is 7.00. The van der Waals surface area contributed by atoms with Crippen LogP contribution in [-0.4, -0.2) is 73.6 Å². The number of halogens is 1. The van der Waals surface area contributed by atoms with Crippen molar-refractivity contribution in [2.75, 3.05) is 46.9 Å². The molecule has 3 heterocycles. The standard InChI is InChI=1S/C37H44FN3O3/c1-43-35-22-30-16-21-41(26-32(30)23-36(35)44-2)34-17-18-39(24-27-6-4-3-5-7-27)25-31(34)10-13-37(42)40-19-14-29(15-20-40)28-8-11-33(38)12-9-28/h3-9,11-12,14,22-23,31,34H,10,13,15-21,24-26H2,1-2H3/t31-,34+/m0/s1. The van der Waals surface area contributed by atoms with Crippen LogP contribution >= 0.6 is 0 Å². The Morgan fingerprint density at radius 2 is 1.66 bits per heavy atom. The van der Waals surface area contributed by atoms with Crippen molar-refractivity contribution >= 4 is 11.5 Å². The van der Waals surface area contributed by atoms with Crippen molar-refractivity contribution in [2.45, 2.75) is 51.2 Å². The number of likely N-dealkylation sites (tertiary alicyclic amines) is 1. The maximum absolute atomic E-state index is 13.5. The van der Waals surface area contributed by atoms with Gasteiger partial charge >= 0.3 is 0 Å². The van der Waals surface area contributed by atoms with Gasteiger partial charge in [0.05, 0.1) is 14.2 Å². The van der Waals surface area contributed by atoms with Gasteiger partial charge < -0.3 is 14.4 Å². The number of carbonyl (C=O) groups is 1. The molecule has 3 aliphatic rings. The van der Waals surface area contributed by atoms with E-state index in [-0.39, 0.29) is 11.7 Å². The van der Waals surface area contributed by atoms with Gasteiger partial charge in [0.1, 0.15) is 5.82 Å². The summed E-state index contributed by atoms with van der Waals surface area (Å²) >= 11 is 0. The van der Waals surface area contributed by atoms with Gasteiger partial charge in [-0.1, -0.05) is 48.5 Å². The topological polar surface area (TPSA) is 45.3 Å². The third-order valence-corrected chi connectivity index (χ3v) is 9.75. The Bertz CT molecular complexity index is 1460. The molecule has 3 aliphatic heterocycles. The van der Waals surface area contributed by atoms with E-state index >= 15 is 0 Å². The van der Waals surface area contributed by atoms with Crippen LogP contribution in [-0.2, 0) is 24.3 Å². The van der Waals surface area contributed by atoms with Crippen molar-refractivity contribution in [3.8, 4) is 11.5 Å². The van der Waals surface area contributed by atoms with Crippen LogP contribution in [0.2, 0.25) is 0 Å². The Labute approximate surface area is 261 Å². The Hall–Kier alpha value is -3.68. The quantitative estimate of drug-likeness (QED) is 0.295. The van der Waals surface area contributed by atoms with Crippen LogP contribution in [0.25, 0.3) is 5.57 Å². The van der Waals surface area contributed by atoms with Gasteiger partial charge in [-0.05, 0) is 90.2 Å². The molecular weight excluding hydrogens is 553 g/mol. The molecule has 0 aromatic heterocycles. The molecule has 3 aromatic carbocycles. The minimum atomic E-state index is -0.223. The molecule has 6 rings (SSSR count). The molecule has 0 bridgehead atoms. The molecule has 0 spiro atoms. The summed E-state index contributed by atoms with van der Waals surface area (Å²) in [5.41, 5.74) is 6.22. The smallest absolute Gasteiger partial charge is 0.222 e. The second-order valence-corrected chi connectivity index (χ2v) is 12.4. The predicted molar refractivity (Wildman–Crippen MR) is 172 cm³/mol. The lowest BCUT2D eigenvalue weighted by atomic mass is 9.85. The maximum atomic E-state index is 13.5. The molecule has 232 valence electrons. The van der Waals surface area contributed by atoms with Gasteiger partial charge in [-0.25, -0.2) is 4.39 Å². The molecule has 1 amide bonds. The van der Waals surface area contributed by atoms with Crippen molar-refractivity contribution in [3.05, 3.63) is 101 Å². The summed E-state index contributed by atoms with van der Waals surface area (Å²) in [7, 11) is 3.39. The second kappa shape index (κ2) is 14.0. The van der Waals surface area contributed by atoms with E-state index in [1.165, 1.54) is 34.4 Å². The highest BCUT2D eigenvalue weighted by Crippen LogP contribution is 2.36.